The van der Waals surface area contributed by atoms with Gasteiger partial charge in [0.25, 0.3) is 0 Å². The fraction of sp³-hybridized carbons (Fsp3) is 1.00. The summed E-state index contributed by atoms with van der Waals surface area (Å²) in [6.07, 6.45) is 15.1. The van der Waals surface area contributed by atoms with E-state index in [0.717, 1.165) is 5.41 Å². The Balaban J connectivity index is 0.00000156. The molecule has 3 aliphatic rings. The topological polar surface area (TPSA) is 0 Å². The number of hydrogen-bond acceptors (Lipinski definition) is 0. The minimum absolute atomic E-state index is 0. The summed E-state index contributed by atoms with van der Waals surface area (Å²) in [5, 5.41) is 0. The Morgan fingerprint density at radius 3 is 1.28 bits per heavy atom. The van der Waals surface area contributed by atoms with Gasteiger partial charge in [0, 0.05) is 38.5 Å². The highest BCUT2D eigenvalue weighted by Gasteiger charge is 2.41. The Morgan fingerprint density at radius 2 is 0.960 bits per heavy atom. The number of quaternary nitrogens is 2. The van der Waals surface area contributed by atoms with E-state index in [1.807, 2.05) is 0 Å². The second kappa shape index (κ2) is 10.8. The van der Waals surface area contributed by atoms with Gasteiger partial charge in [-0.25, -0.2) is 0 Å². The van der Waals surface area contributed by atoms with Crippen molar-refractivity contribution in [2.75, 3.05) is 52.4 Å². The zero-order chi connectivity index (χ0) is 16.2. The number of hydrogen-bond donors (Lipinski definition) is 0. The Bertz CT molecular complexity index is 338. The maximum Gasteiger partial charge on any atom is 0.0791 e. The molecule has 0 aromatic heterocycles. The van der Waals surface area contributed by atoms with Crippen molar-refractivity contribution in [1.29, 1.82) is 0 Å². The van der Waals surface area contributed by atoms with Gasteiger partial charge < -0.3 is 56.9 Å². The number of rotatable bonds is 8. The first-order valence-electron chi connectivity index (χ1n) is 10.9. The van der Waals surface area contributed by atoms with Gasteiger partial charge in [0.05, 0.1) is 52.4 Å². The third-order valence-electron chi connectivity index (χ3n) is 8.27. The lowest BCUT2D eigenvalue weighted by Crippen LogP contribution is -3.00. The summed E-state index contributed by atoms with van der Waals surface area (Å²) in [7, 11) is 0. The predicted octanol–water partition coefficient (Wildman–Crippen LogP) is -1.40. The normalized spacial score (nSPS) is 26.2. The molecule has 3 fully saturated rings. The highest BCUT2D eigenvalue weighted by Crippen LogP contribution is 2.45. The van der Waals surface area contributed by atoms with Crippen molar-refractivity contribution in [2.24, 2.45) is 5.41 Å². The average molecular weight is 576 g/mol. The van der Waals surface area contributed by atoms with Gasteiger partial charge in [0.15, 0.2) is 0 Å². The molecule has 1 aliphatic carbocycles. The van der Waals surface area contributed by atoms with Crippen LogP contribution in [0.15, 0.2) is 0 Å². The van der Waals surface area contributed by atoms with Crippen LogP contribution in [0.3, 0.4) is 0 Å². The van der Waals surface area contributed by atoms with Crippen LogP contribution in [0.1, 0.15) is 78.1 Å². The van der Waals surface area contributed by atoms with Crippen molar-refractivity contribution >= 4 is 0 Å². The van der Waals surface area contributed by atoms with Crippen molar-refractivity contribution in [2.45, 2.75) is 78.1 Å². The molecule has 0 aromatic carbocycles. The van der Waals surface area contributed by atoms with Gasteiger partial charge in [0.2, 0.25) is 0 Å². The minimum atomic E-state index is 0. The van der Waals surface area contributed by atoms with Crippen LogP contribution in [-0.2, 0) is 0 Å². The quantitative estimate of drug-likeness (QED) is 0.247. The molecule has 2 aliphatic heterocycles. The van der Waals surface area contributed by atoms with E-state index >= 15 is 0 Å². The summed E-state index contributed by atoms with van der Waals surface area (Å²) in [5.74, 6) is 0. The molecule has 3 rings (SSSR count). The molecule has 150 valence electrons. The molecule has 0 atom stereocenters. The Kier molecular flexibility index (Phi) is 10.5. The number of likely N-dealkylation sites (tertiary alicyclic amines) is 2. The standard InChI is InChI=1S/C21H42N2.2HI/c1-3-22(15-7-8-16-22)19-13-21(11-5-6-12-21)14-20-23(4-2)17-9-10-18-23;;/h3-20H2,1-2H3;2*1H/q+2;;/p-2. The van der Waals surface area contributed by atoms with Crippen LogP contribution >= 0.6 is 0 Å². The second-order valence-electron chi connectivity index (χ2n) is 9.28. The van der Waals surface area contributed by atoms with Crippen LogP contribution in [0.25, 0.3) is 0 Å². The van der Waals surface area contributed by atoms with E-state index in [2.05, 4.69) is 13.8 Å². The molecule has 0 aromatic rings. The van der Waals surface area contributed by atoms with Crippen LogP contribution in [0.5, 0.6) is 0 Å². The average Bonchev–Trinajstić information content (AvgIpc) is 3.33. The van der Waals surface area contributed by atoms with Crippen molar-refractivity contribution < 1.29 is 56.9 Å². The highest BCUT2D eigenvalue weighted by molar-refractivity contribution is 4.85. The molecule has 1 saturated carbocycles. The highest BCUT2D eigenvalue weighted by atomic mass is 127. The van der Waals surface area contributed by atoms with Crippen LogP contribution in [0, 0.1) is 5.41 Å². The molecule has 2 heterocycles. The molecule has 0 bridgehead atoms. The van der Waals surface area contributed by atoms with Gasteiger partial charge in [-0.3, -0.25) is 0 Å². The molecule has 0 unspecified atom stereocenters. The van der Waals surface area contributed by atoms with Gasteiger partial charge in [0.1, 0.15) is 0 Å². The van der Waals surface area contributed by atoms with E-state index in [0.29, 0.717) is 0 Å². The molecule has 25 heavy (non-hydrogen) atoms. The molecular formula is C21H42I2N2. The summed E-state index contributed by atoms with van der Waals surface area (Å²) in [6.45, 7) is 16.5. The summed E-state index contributed by atoms with van der Waals surface area (Å²) >= 11 is 0. The third kappa shape index (κ3) is 5.93. The zero-order valence-electron chi connectivity index (χ0n) is 16.9. The van der Waals surface area contributed by atoms with Crippen molar-refractivity contribution in [3.8, 4) is 0 Å². The van der Waals surface area contributed by atoms with E-state index in [1.165, 1.54) is 113 Å². The summed E-state index contributed by atoms with van der Waals surface area (Å²) in [6, 6.07) is 0. The zero-order valence-corrected chi connectivity index (χ0v) is 21.2. The molecule has 0 amide bonds. The first kappa shape index (κ1) is 24.4. The summed E-state index contributed by atoms with van der Waals surface area (Å²) in [5.41, 5.74) is 0.728. The molecule has 0 spiro atoms. The first-order valence-corrected chi connectivity index (χ1v) is 10.9. The summed E-state index contributed by atoms with van der Waals surface area (Å²) < 4.78 is 2.91. The van der Waals surface area contributed by atoms with Crippen molar-refractivity contribution in [3.63, 3.8) is 0 Å². The van der Waals surface area contributed by atoms with Crippen LogP contribution < -0.4 is 48.0 Å². The molecule has 4 heteroatoms. The monoisotopic (exact) mass is 576 g/mol. The van der Waals surface area contributed by atoms with Gasteiger partial charge in [-0.05, 0) is 32.1 Å². The SMILES string of the molecule is CC[N+]1(CCC2(CC[N+]3(CC)CCCC3)CCCC2)CCCC1.[I-].[I-]. The summed E-state index contributed by atoms with van der Waals surface area (Å²) in [4.78, 5) is 0. The smallest absolute Gasteiger partial charge is 0.0791 e. The Hall–Kier alpha value is 1.38. The van der Waals surface area contributed by atoms with E-state index < -0.39 is 0 Å². The molecule has 2 nitrogen and oxygen atoms in total. The van der Waals surface area contributed by atoms with Crippen LogP contribution in [0.4, 0.5) is 0 Å². The lowest BCUT2D eigenvalue weighted by atomic mass is 9.78. The van der Waals surface area contributed by atoms with Gasteiger partial charge in [-0.15, -0.1) is 0 Å². The predicted molar refractivity (Wildman–Crippen MR) is 99.4 cm³/mol. The number of nitrogens with zero attached hydrogens (tertiary/aromatic N) is 2. The maximum absolute atomic E-state index is 2.44. The lowest BCUT2D eigenvalue weighted by Gasteiger charge is -2.40. The van der Waals surface area contributed by atoms with E-state index in [1.54, 1.807) is 12.8 Å². The van der Waals surface area contributed by atoms with Crippen molar-refractivity contribution in [3.05, 3.63) is 0 Å². The Labute approximate surface area is 191 Å². The van der Waals surface area contributed by atoms with Gasteiger partial charge in [-0.1, -0.05) is 12.8 Å². The third-order valence-corrected chi connectivity index (χ3v) is 8.27. The largest absolute Gasteiger partial charge is 1.00 e. The molecular weight excluding hydrogens is 534 g/mol. The first-order chi connectivity index (χ1) is 11.2. The van der Waals surface area contributed by atoms with Crippen LogP contribution in [0.2, 0.25) is 0 Å². The fourth-order valence-electron chi connectivity index (χ4n) is 6.11. The van der Waals surface area contributed by atoms with Crippen LogP contribution in [-0.4, -0.2) is 61.3 Å². The fourth-order valence-corrected chi connectivity index (χ4v) is 6.11. The second-order valence-corrected chi connectivity index (χ2v) is 9.28. The van der Waals surface area contributed by atoms with Crippen molar-refractivity contribution in [1.82, 2.24) is 0 Å². The number of halogens is 2. The minimum Gasteiger partial charge on any atom is -1.00 e. The Morgan fingerprint density at radius 1 is 0.600 bits per heavy atom. The molecule has 0 radical (unpaired) electrons. The maximum atomic E-state index is 2.44. The van der Waals surface area contributed by atoms with E-state index in [-0.39, 0.29) is 48.0 Å². The van der Waals surface area contributed by atoms with Gasteiger partial charge in [-0.2, -0.15) is 0 Å². The van der Waals surface area contributed by atoms with E-state index in [9.17, 15) is 0 Å². The molecule has 2 saturated heterocycles. The van der Waals surface area contributed by atoms with Gasteiger partial charge >= 0.3 is 0 Å². The van der Waals surface area contributed by atoms with E-state index in [4.69, 9.17) is 0 Å². The molecule has 0 N–H and O–H groups in total. The lowest BCUT2D eigenvalue weighted by molar-refractivity contribution is -0.918.